The first-order valence-corrected chi connectivity index (χ1v) is 6.05. The molecule has 15 heavy (non-hydrogen) atoms. The Hall–Kier alpha value is -0.820. The van der Waals surface area contributed by atoms with Crippen LogP contribution in [0.4, 0.5) is 0 Å². The number of nitrogens with one attached hydrogen (secondary N) is 1. The van der Waals surface area contributed by atoms with Crippen molar-refractivity contribution < 1.29 is 0 Å². The lowest BCUT2D eigenvalue weighted by atomic mass is 10.0. The van der Waals surface area contributed by atoms with E-state index in [2.05, 4.69) is 50.4 Å². The molecule has 1 N–H and O–H groups in total. The fourth-order valence-corrected chi connectivity index (χ4v) is 2.04. The maximum absolute atomic E-state index is 3.55. The van der Waals surface area contributed by atoms with Crippen LogP contribution in [0.2, 0.25) is 0 Å². The van der Waals surface area contributed by atoms with Gasteiger partial charge >= 0.3 is 0 Å². The fourth-order valence-electron chi connectivity index (χ4n) is 2.04. The zero-order chi connectivity index (χ0) is 11.1. The van der Waals surface area contributed by atoms with E-state index in [-0.39, 0.29) is 0 Å². The van der Waals surface area contributed by atoms with E-state index in [9.17, 15) is 0 Å². The van der Waals surface area contributed by atoms with E-state index < -0.39 is 0 Å². The number of hydrogen-bond donors (Lipinski definition) is 1. The molecule has 0 fully saturated rings. The molecule has 0 saturated heterocycles. The van der Waals surface area contributed by atoms with E-state index >= 15 is 0 Å². The Morgan fingerprint density at radius 3 is 2.67 bits per heavy atom. The minimum absolute atomic E-state index is 0.641. The monoisotopic (exact) mass is 205 g/mol. The molecule has 1 aromatic rings. The Morgan fingerprint density at radius 2 is 2.07 bits per heavy atom. The molecule has 0 amide bonds. The van der Waals surface area contributed by atoms with Gasteiger partial charge in [-0.05, 0) is 31.9 Å². The molecule has 0 heterocycles. The molecule has 1 heteroatoms. The Labute approximate surface area is 93.9 Å². The second kappa shape index (κ2) is 6.62. The van der Waals surface area contributed by atoms with Gasteiger partial charge in [-0.1, -0.05) is 50.1 Å². The zero-order valence-electron chi connectivity index (χ0n) is 10.2. The van der Waals surface area contributed by atoms with Crippen LogP contribution >= 0.6 is 0 Å². The van der Waals surface area contributed by atoms with E-state index in [0.717, 1.165) is 13.0 Å². The second-order valence-electron chi connectivity index (χ2n) is 4.24. The van der Waals surface area contributed by atoms with E-state index in [1.54, 1.807) is 0 Å². The maximum atomic E-state index is 3.55. The predicted molar refractivity (Wildman–Crippen MR) is 67.3 cm³/mol. The van der Waals surface area contributed by atoms with Crippen molar-refractivity contribution in [2.24, 2.45) is 0 Å². The van der Waals surface area contributed by atoms with Crippen LogP contribution in [0.3, 0.4) is 0 Å². The van der Waals surface area contributed by atoms with Crippen molar-refractivity contribution in [3.05, 3.63) is 35.4 Å². The molecule has 0 bridgehead atoms. The molecule has 0 aliphatic carbocycles. The number of aryl methyl sites for hydroxylation is 1. The summed E-state index contributed by atoms with van der Waals surface area (Å²) in [6.45, 7) is 7.65. The van der Waals surface area contributed by atoms with Gasteiger partial charge in [0, 0.05) is 6.04 Å². The van der Waals surface area contributed by atoms with Crippen LogP contribution in [0.1, 0.15) is 37.8 Å². The van der Waals surface area contributed by atoms with E-state index in [0.29, 0.717) is 6.04 Å². The molecule has 84 valence electrons. The van der Waals surface area contributed by atoms with Gasteiger partial charge in [-0.25, -0.2) is 0 Å². The highest BCUT2D eigenvalue weighted by Gasteiger charge is 2.06. The first-order valence-electron chi connectivity index (χ1n) is 6.05. The smallest absolute Gasteiger partial charge is 0.0107 e. The van der Waals surface area contributed by atoms with Gasteiger partial charge in [-0.15, -0.1) is 0 Å². The standard InChI is InChI=1S/C14H23N/c1-4-7-14(15-5-2)11-13-9-6-8-12(3)10-13/h6,8-10,14-15H,4-5,7,11H2,1-3H3. The number of hydrogen-bond acceptors (Lipinski definition) is 1. The van der Waals surface area contributed by atoms with Crippen molar-refractivity contribution in [3.63, 3.8) is 0 Å². The highest BCUT2D eigenvalue weighted by molar-refractivity contribution is 5.22. The highest BCUT2D eigenvalue weighted by Crippen LogP contribution is 2.09. The minimum atomic E-state index is 0.641. The molecule has 1 unspecified atom stereocenters. The summed E-state index contributed by atoms with van der Waals surface area (Å²) < 4.78 is 0. The summed E-state index contributed by atoms with van der Waals surface area (Å²) in [7, 11) is 0. The SMILES string of the molecule is CCCC(Cc1cccc(C)c1)NCC. The average Bonchev–Trinajstić information content (AvgIpc) is 2.18. The van der Waals surface area contributed by atoms with Gasteiger partial charge < -0.3 is 5.32 Å². The zero-order valence-corrected chi connectivity index (χ0v) is 10.2. The summed E-state index contributed by atoms with van der Waals surface area (Å²) >= 11 is 0. The normalized spacial score (nSPS) is 12.7. The van der Waals surface area contributed by atoms with Crippen molar-refractivity contribution in [1.82, 2.24) is 5.32 Å². The molecule has 0 spiro atoms. The Balaban J connectivity index is 2.56. The predicted octanol–water partition coefficient (Wildman–Crippen LogP) is 3.32. The lowest BCUT2D eigenvalue weighted by Crippen LogP contribution is -2.30. The quantitative estimate of drug-likeness (QED) is 0.751. The molecule has 1 aromatic carbocycles. The van der Waals surface area contributed by atoms with E-state index in [1.165, 1.54) is 24.0 Å². The number of likely N-dealkylation sites (N-methyl/N-ethyl adjacent to an activating group) is 1. The van der Waals surface area contributed by atoms with Crippen LogP contribution < -0.4 is 5.32 Å². The third-order valence-corrected chi connectivity index (χ3v) is 2.69. The second-order valence-corrected chi connectivity index (χ2v) is 4.24. The van der Waals surface area contributed by atoms with Gasteiger partial charge in [0.15, 0.2) is 0 Å². The molecule has 1 nitrogen and oxygen atoms in total. The lowest BCUT2D eigenvalue weighted by molar-refractivity contribution is 0.486. The van der Waals surface area contributed by atoms with Gasteiger partial charge in [0.2, 0.25) is 0 Å². The minimum Gasteiger partial charge on any atom is -0.314 e. The van der Waals surface area contributed by atoms with E-state index in [1.807, 2.05) is 0 Å². The first kappa shape index (κ1) is 12.3. The Kier molecular flexibility index (Phi) is 5.41. The summed E-state index contributed by atoms with van der Waals surface area (Å²) in [6.07, 6.45) is 3.68. The largest absolute Gasteiger partial charge is 0.314 e. The van der Waals surface area contributed by atoms with Crippen molar-refractivity contribution in [3.8, 4) is 0 Å². The molecular weight excluding hydrogens is 182 g/mol. The number of benzene rings is 1. The third kappa shape index (κ3) is 4.48. The summed E-state index contributed by atoms with van der Waals surface area (Å²) in [4.78, 5) is 0. The molecule has 0 aromatic heterocycles. The van der Waals surface area contributed by atoms with Gasteiger partial charge in [0.05, 0.1) is 0 Å². The lowest BCUT2D eigenvalue weighted by Gasteiger charge is -2.17. The summed E-state index contributed by atoms with van der Waals surface area (Å²) in [6, 6.07) is 9.47. The highest BCUT2D eigenvalue weighted by atomic mass is 14.9. The van der Waals surface area contributed by atoms with Crippen molar-refractivity contribution >= 4 is 0 Å². The van der Waals surface area contributed by atoms with Gasteiger partial charge in [0.1, 0.15) is 0 Å². The van der Waals surface area contributed by atoms with Crippen molar-refractivity contribution in [1.29, 1.82) is 0 Å². The van der Waals surface area contributed by atoms with Gasteiger partial charge in [-0.3, -0.25) is 0 Å². The molecule has 0 radical (unpaired) electrons. The van der Waals surface area contributed by atoms with Gasteiger partial charge in [0.25, 0.3) is 0 Å². The Morgan fingerprint density at radius 1 is 1.27 bits per heavy atom. The Bertz CT molecular complexity index is 274. The van der Waals surface area contributed by atoms with Crippen LogP contribution in [-0.2, 0) is 6.42 Å². The van der Waals surface area contributed by atoms with E-state index in [4.69, 9.17) is 0 Å². The fraction of sp³-hybridized carbons (Fsp3) is 0.571. The average molecular weight is 205 g/mol. The molecular formula is C14H23N. The first-order chi connectivity index (χ1) is 7.26. The molecule has 0 saturated carbocycles. The van der Waals surface area contributed by atoms with Crippen LogP contribution in [-0.4, -0.2) is 12.6 Å². The van der Waals surface area contributed by atoms with Crippen molar-refractivity contribution in [2.75, 3.05) is 6.54 Å². The van der Waals surface area contributed by atoms with Crippen LogP contribution in [0.15, 0.2) is 24.3 Å². The van der Waals surface area contributed by atoms with Crippen LogP contribution in [0.25, 0.3) is 0 Å². The topological polar surface area (TPSA) is 12.0 Å². The van der Waals surface area contributed by atoms with Gasteiger partial charge in [-0.2, -0.15) is 0 Å². The van der Waals surface area contributed by atoms with Crippen LogP contribution in [0, 0.1) is 6.92 Å². The molecule has 0 aliphatic rings. The number of rotatable bonds is 6. The van der Waals surface area contributed by atoms with Crippen molar-refractivity contribution in [2.45, 2.75) is 46.1 Å². The summed E-state index contributed by atoms with van der Waals surface area (Å²) in [5.74, 6) is 0. The molecule has 1 rings (SSSR count). The summed E-state index contributed by atoms with van der Waals surface area (Å²) in [5.41, 5.74) is 2.81. The maximum Gasteiger partial charge on any atom is 0.0107 e. The summed E-state index contributed by atoms with van der Waals surface area (Å²) in [5, 5.41) is 3.55. The van der Waals surface area contributed by atoms with Crippen LogP contribution in [0.5, 0.6) is 0 Å². The third-order valence-electron chi connectivity index (χ3n) is 2.69. The molecule has 0 aliphatic heterocycles. The molecule has 1 atom stereocenters.